The Kier molecular flexibility index (Phi) is 7.06. The molecule has 3 unspecified atom stereocenters. The highest BCUT2D eigenvalue weighted by molar-refractivity contribution is 4.80. The third-order valence-electron chi connectivity index (χ3n) is 4.12. The van der Waals surface area contributed by atoms with Crippen LogP contribution in [0, 0.1) is 11.8 Å². The molecule has 0 bridgehead atoms. The van der Waals surface area contributed by atoms with Gasteiger partial charge in [-0.1, -0.05) is 33.1 Å². The Hall–Kier alpha value is -0.0800. The van der Waals surface area contributed by atoms with Crippen molar-refractivity contribution in [1.82, 2.24) is 5.32 Å². The van der Waals surface area contributed by atoms with Crippen molar-refractivity contribution in [2.24, 2.45) is 11.8 Å². The molecular weight excluding hydrogens is 198 g/mol. The van der Waals surface area contributed by atoms with Gasteiger partial charge in [0.25, 0.3) is 0 Å². The van der Waals surface area contributed by atoms with E-state index in [1.54, 1.807) is 0 Å². The Labute approximate surface area is 101 Å². The van der Waals surface area contributed by atoms with Crippen molar-refractivity contribution in [1.29, 1.82) is 0 Å². The maximum Gasteiger partial charge on any atom is 0.0462 e. The normalized spacial score (nSPS) is 27.2. The van der Waals surface area contributed by atoms with Gasteiger partial charge in [0.1, 0.15) is 0 Å². The van der Waals surface area contributed by atoms with Crippen LogP contribution in [0.2, 0.25) is 0 Å². The van der Waals surface area contributed by atoms with E-state index in [2.05, 4.69) is 19.2 Å². The first-order valence-electron chi connectivity index (χ1n) is 7.16. The summed E-state index contributed by atoms with van der Waals surface area (Å²) < 4.78 is 0. The van der Waals surface area contributed by atoms with E-state index in [1.165, 1.54) is 44.9 Å². The van der Waals surface area contributed by atoms with Crippen molar-refractivity contribution in [2.45, 2.75) is 64.8 Å². The highest BCUT2D eigenvalue weighted by Crippen LogP contribution is 2.30. The van der Waals surface area contributed by atoms with Crippen LogP contribution < -0.4 is 5.32 Å². The van der Waals surface area contributed by atoms with Crippen LogP contribution in [0.1, 0.15) is 58.8 Å². The zero-order chi connectivity index (χ0) is 11.8. The second kappa shape index (κ2) is 8.08. The van der Waals surface area contributed by atoms with Crippen LogP contribution in [-0.4, -0.2) is 24.3 Å². The van der Waals surface area contributed by atoms with Gasteiger partial charge < -0.3 is 10.4 Å². The predicted molar refractivity (Wildman–Crippen MR) is 69.5 cm³/mol. The molecule has 96 valence electrons. The smallest absolute Gasteiger partial charge is 0.0462 e. The van der Waals surface area contributed by atoms with Gasteiger partial charge in [-0.25, -0.2) is 0 Å². The van der Waals surface area contributed by atoms with Gasteiger partial charge in [0.05, 0.1) is 0 Å². The summed E-state index contributed by atoms with van der Waals surface area (Å²) in [4.78, 5) is 0. The summed E-state index contributed by atoms with van der Waals surface area (Å²) >= 11 is 0. The van der Waals surface area contributed by atoms with Gasteiger partial charge in [-0.05, 0) is 44.1 Å². The lowest BCUT2D eigenvalue weighted by Gasteiger charge is -2.22. The molecule has 1 rings (SSSR count). The monoisotopic (exact) mass is 227 g/mol. The molecule has 0 radical (unpaired) electrons. The number of rotatable bonds is 8. The zero-order valence-electron chi connectivity index (χ0n) is 11.0. The fourth-order valence-corrected chi connectivity index (χ4v) is 2.84. The first kappa shape index (κ1) is 14.0. The van der Waals surface area contributed by atoms with Crippen LogP contribution in [0.5, 0.6) is 0 Å². The van der Waals surface area contributed by atoms with Crippen LogP contribution >= 0.6 is 0 Å². The third-order valence-corrected chi connectivity index (χ3v) is 4.12. The van der Waals surface area contributed by atoms with Crippen LogP contribution in [0.4, 0.5) is 0 Å². The summed E-state index contributed by atoms with van der Waals surface area (Å²) in [6.45, 7) is 6.03. The van der Waals surface area contributed by atoms with Crippen LogP contribution in [-0.2, 0) is 0 Å². The fraction of sp³-hybridized carbons (Fsp3) is 1.00. The Bertz CT molecular complexity index is 172. The van der Waals surface area contributed by atoms with Gasteiger partial charge in [-0.15, -0.1) is 0 Å². The second-order valence-corrected chi connectivity index (χ2v) is 5.29. The van der Waals surface area contributed by atoms with Crippen molar-refractivity contribution >= 4 is 0 Å². The fourth-order valence-electron chi connectivity index (χ4n) is 2.84. The number of nitrogens with one attached hydrogen (secondary N) is 1. The Morgan fingerprint density at radius 3 is 2.62 bits per heavy atom. The van der Waals surface area contributed by atoms with Gasteiger partial charge in [0.2, 0.25) is 0 Å². The van der Waals surface area contributed by atoms with Crippen LogP contribution in [0.15, 0.2) is 0 Å². The summed E-state index contributed by atoms with van der Waals surface area (Å²) in [6.07, 6.45) is 9.01. The molecule has 1 aliphatic rings. The van der Waals surface area contributed by atoms with E-state index in [1.807, 2.05) is 0 Å². The summed E-state index contributed by atoms with van der Waals surface area (Å²) in [6, 6.07) is 0.694. The quantitative estimate of drug-likeness (QED) is 0.668. The van der Waals surface area contributed by atoms with Gasteiger partial charge in [-0.3, -0.25) is 0 Å². The molecule has 2 heteroatoms. The highest BCUT2D eigenvalue weighted by atomic mass is 16.3. The van der Waals surface area contributed by atoms with Crippen LogP contribution in [0.25, 0.3) is 0 Å². The maximum absolute atomic E-state index is 9.27. The van der Waals surface area contributed by atoms with E-state index >= 15 is 0 Å². The lowest BCUT2D eigenvalue weighted by molar-refractivity contribution is 0.189. The number of hydrogen-bond donors (Lipinski definition) is 2. The first-order chi connectivity index (χ1) is 7.81. The molecule has 0 saturated heterocycles. The molecule has 0 aromatic heterocycles. The van der Waals surface area contributed by atoms with E-state index in [4.69, 9.17) is 0 Å². The molecule has 1 fully saturated rings. The summed E-state index contributed by atoms with van der Waals surface area (Å²) in [5, 5.41) is 13.0. The molecule has 1 aliphatic carbocycles. The molecule has 0 amide bonds. The van der Waals surface area contributed by atoms with Gasteiger partial charge in [0, 0.05) is 12.6 Å². The van der Waals surface area contributed by atoms with Gasteiger partial charge in [-0.2, -0.15) is 0 Å². The molecule has 2 N–H and O–H groups in total. The van der Waals surface area contributed by atoms with Crippen molar-refractivity contribution in [3.05, 3.63) is 0 Å². The SMILES string of the molecule is CCCCC(CC)NCC1CCCC1CO. The molecule has 1 saturated carbocycles. The number of aliphatic hydroxyl groups is 1. The zero-order valence-corrected chi connectivity index (χ0v) is 11.0. The van der Waals surface area contributed by atoms with E-state index in [9.17, 15) is 5.11 Å². The molecule has 0 heterocycles. The van der Waals surface area contributed by atoms with Gasteiger partial charge in [0.15, 0.2) is 0 Å². The molecule has 16 heavy (non-hydrogen) atoms. The Morgan fingerprint density at radius 1 is 1.25 bits per heavy atom. The second-order valence-electron chi connectivity index (χ2n) is 5.29. The summed E-state index contributed by atoms with van der Waals surface area (Å²) in [5.41, 5.74) is 0. The summed E-state index contributed by atoms with van der Waals surface area (Å²) in [5.74, 6) is 1.29. The van der Waals surface area contributed by atoms with Crippen molar-refractivity contribution in [3.63, 3.8) is 0 Å². The molecular formula is C14H29NO. The molecule has 3 atom stereocenters. The topological polar surface area (TPSA) is 32.3 Å². The minimum atomic E-state index is 0.387. The van der Waals surface area contributed by atoms with E-state index in [-0.39, 0.29) is 0 Å². The minimum absolute atomic E-state index is 0.387. The van der Waals surface area contributed by atoms with E-state index in [0.717, 1.165) is 12.5 Å². The Balaban J connectivity index is 2.20. The maximum atomic E-state index is 9.27. The lowest BCUT2D eigenvalue weighted by atomic mass is 9.96. The highest BCUT2D eigenvalue weighted by Gasteiger charge is 2.26. The third kappa shape index (κ3) is 4.42. The van der Waals surface area contributed by atoms with E-state index < -0.39 is 0 Å². The minimum Gasteiger partial charge on any atom is -0.396 e. The number of aliphatic hydroxyl groups excluding tert-OH is 1. The van der Waals surface area contributed by atoms with Gasteiger partial charge >= 0.3 is 0 Å². The van der Waals surface area contributed by atoms with Crippen molar-refractivity contribution in [3.8, 4) is 0 Å². The van der Waals surface area contributed by atoms with Crippen molar-refractivity contribution < 1.29 is 5.11 Å². The number of hydrogen-bond acceptors (Lipinski definition) is 2. The first-order valence-corrected chi connectivity index (χ1v) is 7.16. The van der Waals surface area contributed by atoms with E-state index in [0.29, 0.717) is 18.6 Å². The van der Waals surface area contributed by atoms with Crippen LogP contribution in [0.3, 0.4) is 0 Å². The molecule has 0 aromatic rings. The average molecular weight is 227 g/mol. The molecule has 0 aliphatic heterocycles. The summed E-state index contributed by atoms with van der Waals surface area (Å²) in [7, 11) is 0. The lowest BCUT2D eigenvalue weighted by Crippen LogP contribution is -2.34. The molecule has 0 aromatic carbocycles. The largest absolute Gasteiger partial charge is 0.396 e. The average Bonchev–Trinajstić information content (AvgIpc) is 2.77. The molecule has 0 spiro atoms. The molecule has 2 nitrogen and oxygen atoms in total. The Morgan fingerprint density at radius 2 is 2.00 bits per heavy atom. The van der Waals surface area contributed by atoms with Crippen molar-refractivity contribution in [2.75, 3.05) is 13.2 Å². The number of unbranched alkanes of at least 4 members (excludes halogenated alkanes) is 1. The predicted octanol–water partition coefficient (Wildman–Crippen LogP) is 2.95. The standard InChI is InChI=1S/C14H29NO/c1-3-5-9-14(4-2)15-10-12-7-6-8-13(12)11-16/h12-16H,3-11H2,1-2H3.